The summed E-state index contributed by atoms with van der Waals surface area (Å²) in [6.07, 6.45) is 0.387. The highest BCUT2D eigenvalue weighted by Crippen LogP contribution is 2.13. The van der Waals surface area contributed by atoms with Crippen LogP contribution in [0.5, 0.6) is 0 Å². The summed E-state index contributed by atoms with van der Waals surface area (Å²) in [5, 5.41) is 0. The second-order valence-corrected chi connectivity index (χ2v) is 6.85. The van der Waals surface area contributed by atoms with Gasteiger partial charge in [-0.2, -0.15) is 4.72 Å². The van der Waals surface area contributed by atoms with E-state index in [-0.39, 0.29) is 10.8 Å². The van der Waals surface area contributed by atoms with Crippen molar-refractivity contribution in [2.24, 2.45) is 5.92 Å². The van der Waals surface area contributed by atoms with Gasteiger partial charge in [0.2, 0.25) is 10.0 Å². The predicted octanol–water partition coefficient (Wildman–Crippen LogP) is 1.86. The lowest BCUT2D eigenvalue weighted by Gasteiger charge is -2.18. The molecule has 0 heterocycles. The minimum atomic E-state index is -3.73. The maximum Gasteiger partial charge on any atom is 0.323 e. The molecule has 0 amide bonds. The number of hydrogen-bond donors (Lipinski definition) is 1. The fourth-order valence-corrected chi connectivity index (χ4v) is 2.98. The molecular formula is C14H21NO4S. The van der Waals surface area contributed by atoms with E-state index < -0.39 is 22.0 Å². The SMILES string of the molecule is COC(=O)[C@@H](CC(C)C)NS(=O)(=O)c1ccc(C)cc1. The Morgan fingerprint density at radius 1 is 1.25 bits per heavy atom. The first-order chi connectivity index (χ1) is 9.26. The van der Waals surface area contributed by atoms with Crippen molar-refractivity contribution in [2.45, 2.75) is 38.1 Å². The summed E-state index contributed by atoms with van der Waals surface area (Å²) >= 11 is 0. The van der Waals surface area contributed by atoms with Gasteiger partial charge in [-0.1, -0.05) is 31.5 Å². The summed E-state index contributed by atoms with van der Waals surface area (Å²) in [5.74, 6) is -0.408. The van der Waals surface area contributed by atoms with Gasteiger partial charge in [-0.15, -0.1) is 0 Å². The molecular weight excluding hydrogens is 278 g/mol. The molecule has 5 nitrogen and oxygen atoms in total. The Kier molecular flexibility index (Phi) is 5.71. The van der Waals surface area contributed by atoms with Crippen LogP contribution in [0.4, 0.5) is 0 Å². The number of rotatable bonds is 6. The Morgan fingerprint density at radius 3 is 2.25 bits per heavy atom. The molecule has 0 saturated carbocycles. The molecule has 20 heavy (non-hydrogen) atoms. The summed E-state index contributed by atoms with van der Waals surface area (Å²) in [7, 11) is -2.48. The monoisotopic (exact) mass is 299 g/mol. The Morgan fingerprint density at radius 2 is 1.80 bits per heavy atom. The lowest BCUT2D eigenvalue weighted by molar-refractivity contribution is -0.143. The highest BCUT2D eigenvalue weighted by molar-refractivity contribution is 7.89. The Bertz CT molecular complexity index is 549. The molecule has 1 aromatic carbocycles. The second-order valence-electron chi connectivity index (χ2n) is 5.14. The van der Waals surface area contributed by atoms with Crippen molar-refractivity contribution in [1.82, 2.24) is 4.72 Å². The molecule has 112 valence electrons. The highest BCUT2D eigenvalue weighted by atomic mass is 32.2. The van der Waals surface area contributed by atoms with Crippen LogP contribution in [0.25, 0.3) is 0 Å². The zero-order valence-electron chi connectivity index (χ0n) is 12.2. The van der Waals surface area contributed by atoms with Crippen molar-refractivity contribution < 1.29 is 17.9 Å². The minimum absolute atomic E-state index is 0.140. The molecule has 0 aromatic heterocycles. The molecule has 0 fully saturated rings. The van der Waals surface area contributed by atoms with Gasteiger partial charge >= 0.3 is 5.97 Å². The number of esters is 1. The van der Waals surface area contributed by atoms with Crippen molar-refractivity contribution in [1.29, 1.82) is 0 Å². The molecule has 6 heteroatoms. The van der Waals surface area contributed by atoms with Crippen molar-refractivity contribution in [2.75, 3.05) is 7.11 Å². The number of hydrogen-bond acceptors (Lipinski definition) is 4. The number of benzene rings is 1. The average molecular weight is 299 g/mol. The van der Waals surface area contributed by atoms with E-state index in [1.54, 1.807) is 12.1 Å². The van der Waals surface area contributed by atoms with Gasteiger partial charge in [0.25, 0.3) is 0 Å². The average Bonchev–Trinajstić information content (AvgIpc) is 2.36. The minimum Gasteiger partial charge on any atom is -0.468 e. The molecule has 0 radical (unpaired) electrons. The van der Waals surface area contributed by atoms with Gasteiger partial charge in [0.05, 0.1) is 12.0 Å². The summed E-state index contributed by atoms with van der Waals surface area (Å²) in [6.45, 7) is 5.70. The maximum atomic E-state index is 12.2. The quantitative estimate of drug-likeness (QED) is 0.814. The topological polar surface area (TPSA) is 72.5 Å². The fraction of sp³-hybridized carbons (Fsp3) is 0.500. The number of carbonyl (C=O) groups excluding carboxylic acids is 1. The van der Waals surface area contributed by atoms with Gasteiger partial charge in [0.1, 0.15) is 6.04 Å². The summed E-state index contributed by atoms with van der Waals surface area (Å²) in [4.78, 5) is 11.8. The zero-order chi connectivity index (χ0) is 15.3. The third-order valence-electron chi connectivity index (χ3n) is 2.82. The Hall–Kier alpha value is -1.40. The van der Waals surface area contributed by atoms with Crippen LogP contribution in [0.15, 0.2) is 29.2 Å². The number of carbonyl (C=O) groups is 1. The number of nitrogens with one attached hydrogen (secondary N) is 1. The number of aryl methyl sites for hydroxylation is 1. The van der Waals surface area contributed by atoms with Crippen LogP contribution >= 0.6 is 0 Å². The van der Waals surface area contributed by atoms with Crippen molar-refractivity contribution >= 4 is 16.0 Å². The van der Waals surface area contributed by atoms with Gasteiger partial charge < -0.3 is 4.74 Å². The molecule has 0 aliphatic heterocycles. The molecule has 0 aliphatic carbocycles. The van der Waals surface area contributed by atoms with Crippen LogP contribution < -0.4 is 4.72 Å². The fourth-order valence-electron chi connectivity index (χ4n) is 1.78. The zero-order valence-corrected chi connectivity index (χ0v) is 13.0. The van der Waals surface area contributed by atoms with E-state index in [2.05, 4.69) is 9.46 Å². The van der Waals surface area contributed by atoms with Crippen LogP contribution in [0.1, 0.15) is 25.8 Å². The molecule has 0 bridgehead atoms. The van der Waals surface area contributed by atoms with E-state index in [0.29, 0.717) is 6.42 Å². The third-order valence-corrected chi connectivity index (χ3v) is 4.31. The van der Waals surface area contributed by atoms with E-state index in [9.17, 15) is 13.2 Å². The summed E-state index contributed by atoms with van der Waals surface area (Å²) in [6, 6.07) is 5.59. The molecule has 1 N–H and O–H groups in total. The van der Waals surface area contributed by atoms with Crippen LogP contribution in [-0.4, -0.2) is 27.5 Å². The Balaban J connectivity index is 2.96. The van der Waals surface area contributed by atoms with E-state index in [1.165, 1.54) is 19.2 Å². The second kappa shape index (κ2) is 6.85. The molecule has 1 atom stereocenters. The number of methoxy groups -OCH3 is 1. The standard InChI is InChI=1S/C14H21NO4S/c1-10(2)9-13(14(16)19-4)15-20(17,18)12-7-5-11(3)6-8-12/h5-8,10,13,15H,9H2,1-4H3/t13-/m1/s1. The van der Waals surface area contributed by atoms with Crippen LogP contribution in [0.2, 0.25) is 0 Å². The lowest BCUT2D eigenvalue weighted by Crippen LogP contribution is -2.42. The first kappa shape index (κ1) is 16.7. The van der Waals surface area contributed by atoms with E-state index in [0.717, 1.165) is 5.56 Å². The molecule has 1 aromatic rings. The van der Waals surface area contributed by atoms with Gasteiger partial charge in [-0.05, 0) is 31.4 Å². The van der Waals surface area contributed by atoms with Crippen molar-refractivity contribution in [3.63, 3.8) is 0 Å². The summed E-state index contributed by atoms with van der Waals surface area (Å²) < 4.78 is 31.5. The van der Waals surface area contributed by atoms with Crippen molar-refractivity contribution in [3.8, 4) is 0 Å². The van der Waals surface area contributed by atoms with E-state index in [1.807, 2.05) is 20.8 Å². The largest absolute Gasteiger partial charge is 0.468 e. The van der Waals surface area contributed by atoms with E-state index >= 15 is 0 Å². The third kappa shape index (κ3) is 4.61. The van der Waals surface area contributed by atoms with Crippen molar-refractivity contribution in [3.05, 3.63) is 29.8 Å². The molecule has 1 rings (SSSR count). The Labute approximate surface area is 120 Å². The number of sulfonamides is 1. The van der Waals surface area contributed by atoms with Crippen LogP contribution in [-0.2, 0) is 19.6 Å². The van der Waals surface area contributed by atoms with Gasteiger partial charge in [-0.25, -0.2) is 8.42 Å². The molecule has 0 saturated heterocycles. The lowest BCUT2D eigenvalue weighted by atomic mass is 10.1. The number of ether oxygens (including phenoxy) is 1. The summed E-state index contributed by atoms with van der Waals surface area (Å²) in [5.41, 5.74) is 0.968. The highest BCUT2D eigenvalue weighted by Gasteiger charge is 2.26. The smallest absolute Gasteiger partial charge is 0.323 e. The predicted molar refractivity (Wildman–Crippen MR) is 76.8 cm³/mol. The van der Waals surface area contributed by atoms with Gasteiger partial charge in [0, 0.05) is 0 Å². The first-order valence-corrected chi connectivity index (χ1v) is 7.91. The first-order valence-electron chi connectivity index (χ1n) is 6.43. The molecule has 0 spiro atoms. The van der Waals surface area contributed by atoms with Crippen LogP contribution in [0.3, 0.4) is 0 Å². The maximum absolute atomic E-state index is 12.2. The van der Waals surface area contributed by atoms with Crippen LogP contribution in [0, 0.1) is 12.8 Å². The normalized spacial score (nSPS) is 13.2. The van der Waals surface area contributed by atoms with Gasteiger partial charge in [0.15, 0.2) is 0 Å². The molecule has 0 unspecified atom stereocenters. The van der Waals surface area contributed by atoms with Gasteiger partial charge in [-0.3, -0.25) is 4.79 Å². The molecule has 0 aliphatic rings. The van der Waals surface area contributed by atoms with E-state index in [4.69, 9.17) is 0 Å².